The fourth-order valence-electron chi connectivity index (χ4n) is 3.83. The molecule has 5 aromatic rings. The van der Waals surface area contributed by atoms with Crippen LogP contribution in [0.5, 0.6) is 0 Å². The van der Waals surface area contributed by atoms with Crippen molar-refractivity contribution in [3.8, 4) is 23.1 Å². The highest BCUT2D eigenvalue weighted by atomic mass is 16.3. The number of rotatable bonds is 2. The van der Waals surface area contributed by atoms with Crippen LogP contribution >= 0.6 is 0 Å². The van der Waals surface area contributed by atoms with E-state index in [4.69, 9.17) is 4.42 Å². The Morgan fingerprint density at radius 1 is 0.815 bits per heavy atom. The molecule has 0 bridgehead atoms. The number of hydrogen-bond donors (Lipinski definition) is 0. The molecule has 0 N–H and O–H groups in total. The summed E-state index contributed by atoms with van der Waals surface area (Å²) in [7, 11) is 0. The molecule has 2 heterocycles. The first kappa shape index (κ1) is 15.5. The predicted molar refractivity (Wildman–Crippen MR) is 108 cm³/mol. The fourth-order valence-corrected chi connectivity index (χ4v) is 3.83. The third kappa shape index (κ3) is 2.21. The van der Waals surface area contributed by atoms with E-state index in [2.05, 4.69) is 25.1 Å². The molecule has 0 radical (unpaired) electrons. The van der Waals surface area contributed by atoms with Crippen molar-refractivity contribution >= 4 is 21.9 Å². The molecule has 0 aliphatic carbocycles. The maximum absolute atomic E-state index is 10.1. The monoisotopic (exact) mass is 348 g/mol. The zero-order valence-electron chi connectivity index (χ0n) is 14.8. The number of aromatic nitrogens is 1. The van der Waals surface area contributed by atoms with E-state index in [1.165, 1.54) is 0 Å². The van der Waals surface area contributed by atoms with Crippen molar-refractivity contribution in [1.29, 1.82) is 5.26 Å². The zero-order chi connectivity index (χ0) is 18.4. The molecule has 27 heavy (non-hydrogen) atoms. The van der Waals surface area contributed by atoms with Crippen LogP contribution in [0.4, 0.5) is 0 Å². The lowest BCUT2D eigenvalue weighted by Crippen LogP contribution is -1.97. The standard InChI is InChI=1S/C24H16N2O/c1-16-18-11-6-8-14-22(18)27-24(16)23-19-12-5-7-13-20(19)26(21(23)15-25)17-9-3-2-4-10-17/h2-14H,1H3. The minimum Gasteiger partial charge on any atom is -0.456 e. The van der Waals surface area contributed by atoms with Crippen LogP contribution in [0.1, 0.15) is 11.3 Å². The molecule has 3 aromatic carbocycles. The Balaban J connectivity index is 1.93. The molecule has 5 rings (SSSR count). The Morgan fingerprint density at radius 3 is 2.22 bits per heavy atom. The summed E-state index contributed by atoms with van der Waals surface area (Å²) < 4.78 is 8.23. The summed E-state index contributed by atoms with van der Waals surface area (Å²) in [6.07, 6.45) is 0. The van der Waals surface area contributed by atoms with Gasteiger partial charge in [-0.1, -0.05) is 54.6 Å². The first-order valence-corrected chi connectivity index (χ1v) is 8.87. The van der Waals surface area contributed by atoms with Crippen LogP contribution in [0, 0.1) is 18.3 Å². The molecule has 0 unspecified atom stereocenters. The molecular weight excluding hydrogens is 332 g/mol. The highest BCUT2D eigenvalue weighted by molar-refractivity contribution is 6.02. The number of fused-ring (bicyclic) bond motifs is 2. The van der Waals surface area contributed by atoms with Gasteiger partial charge in [0.05, 0.1) is 11.1 Å². The molecule has 3 nitrogen and oxygen atoms in total. The van der Waals surface area contributed by atoms with Crippen LogP contribution in [-0.2, 0) is 0 Å². The summed E-state index contributed by atoms with van der Waals surface area (Å²) in [6.45, 7) is 2.05. The van der Waals surface area contributed by atoms with Gasteiger partial charge in [0, 0.05) is 22.0 Å². The number of furan rings is 1. The van der Waals surface area contributed by atoms with Gasteiger partial charge in [-0.05, 0) is 31.2 Å². The zero-order valence-corrected chi connectivity index (χ0v) is 14.8. The second-order valence-electron chi connectivity index (χ2n) is 6.58. The highest BCUT2D eigenvalue weighted by Gasteiger charge is 2.24. The van der Waals surface area contributed by atoms with Crippen molar-refractivity contribution in [2.45, 2.75) is 6.92 Å². The van der Waals surface area contributed by atoms with Gasteiger partial charge in [-0.25, -0.2) is 0 Å². The van der Waals surface area contributed by atoms with E-state index in [-0.39, 0.29) is 0 Å². The van der Waals surface area contributed by atoms with Crippen molar-refractivity contribution in [1.82, 2.24) is 4.57 Å². The minimum absolute atomic E-state index is 0.588. The van der Waals surface area contributed by atoms with Crippen molar-refractivity contribution in [3.63, 3.8) is 0 Å². The van der Waals surface area contributed by atoms with Crippen LogP contribution in [0.3, 0.4) is 0 Å². The Labute approximate surface area is 156 Å². The Kier molecular flexibility index (Phi) is 3.38. The van der Waals surface area contributed by atoms with Gasteiger partial charge < -0.3 is 8.98 Å². The summed E-state index contributed by atoms with van der Waals surface area (Å²) in [5, 5.41) is 12.2. The number of aryl methyl sites for hydroxylation is 1. The van der Waals surface area contributed by atoms with Gasteiger partial charge in [0.1, 0.15) is 23.1 Å². The number of para-hydroxylation sites is 3. The van der Waals surface area contributed by atoms with Crippen molar-refractivity contribution in [2.75, 3.05) is 0 Å². The molecule has 0 spiro atoms. The minimum atomic E-state index is 0.588. The summed E-state index contributed by atoms with van der Waals surface area (Å²) in [4.78, 5) is 0. The second-order valence-corrected chi connectivity index (χ2v) is 6.58. The van der Waals surface area contributed by atoms with Gasteiger partial charge in [-0.3, -0.25) is 0 Å². The average molecular weight is 348 g/mol. The highest BCUT2D eigenvalue weighted by Crippen LogP contribution is 2.41. The predicted octanol–water partition coefficient (Wildman–Crippen LogP) is 6.22. The lowest BCUT2D eigenvalue weighted by molar-refractivity contribution is 0.629. The topological polar surface area (TPSA) is 41.9 Å². The first-order valence-electron chi connectivity index (χ1n) is 8.87. The van der Waals surface area contributed by atoms with E-state index in [0.717, 1.165) is 44.4 Å². The van der Waals surface area contributed by atoms with E-state index < -0.39 is 0 Å². The summed E-state index contributed by atoms with van der Waals surface area (Å²) in [5.74, 6) is 0.763. The lowest BCUT2D eigenvalue weighted by atomic mass is 10.0. The van der Waals surface area contributed by atoms with Crippen LogP contribution in [0.15, 0.2) is 83.3 Å². The Hall–Kier alpha value is -3.77. The van der Waals surface area contributed by atoms with Gasteiger partial charge in [0.25, 0.3) is 0 Å². The molecule has 0 saturated heterocycles. The SMILES string of the molecule is Cc1c(-c2c(C#N)n(-c3ccccc3)c3ccccc23)oc2ccccc12. The average Bonchev–Trinajstić information content (AvgIpc) is 3.23. The van der Waals surface area contributed by atoms with Crippen LogP contribution in [-0.4, -0.2) is 4.57 Å². The Bertz CT molecular complexity index is 1330. The molecule has 0 fully saturated rings. The smallest absolute Gasteiger partial charge is 0.141 e. The molecule has 0 atom stereocenters. The van der Waals surface area contributed by atoms with Crippen LogP contribution in [0.25, 0.3) is 38.9 Å². The van der Waals surface area contributed by atoms with Gasteiger partial charge in [-0.2, -0.15) is 5.26 Å². The molecule has 0 aliphatic heterocycles. The molecular formula is C24H16N2O. The molecule has 2 aromatic heterocycles. The summed E-state index contributed by atoms with van der Waals surface area (Å²) >= 11 is 0. The number of nitrogens with zero attached hydrogens (tertiary/aromatic N) is 2. The lowest BCUT2D eigenvalue weighted by Gasteiger charge is -2.06. The maximum atomic E-state index is 10.1. The summed E-state index contributed by atoms with van der Waals surface area (Å²) in [5.41, 5.74) is 5.29. The second kappa shape index (κ2) is 5.89. The van der Waals surface area contributed by atoms with E-state index >= 15 is 0 Å². The molecule has 3 heteroatoms. The first-order chi connectivity index (χ1) is 13.3. The van der Waals surface area contributed by atoms with Gasteiger partial charge in [0.15, 0.2) is 0 Å². The van der Waals surface area contributed by atoms with Crippen molar-refractivity contribution in [2.24, 2.45) is 0 Å². The quantitative estimate of drug-likeness (QED) is 0.380. The van der Waals surface area contributed by atoms with E-state index in [1.807, 2.05) is 71.3 Å². The van der Waals surface area contributed by atoms with Gasteiger partial charge >= 0.3 is 0 Å². The third-order valence-corrected chi connectivity index (χ3v) is 5.07. The normalized spacial score (nSPS) is 11.1. The van der Waals surface area contributed by atoms with Crippen LogP contribution < -0.4 is 0 Å². The largest absolute Gasteiger partial charge is 0.456 e. The summed E-state index contributed by atoms with van der Waals surface area (Å²) in [6, 6.07) is 28.5. The molecule has 0 saturated carbocycles. The number of hydrogen-bond acceptors (Lipinski definition) is 2. The number of nitriles is 1. The molecule has 128 valence electrons. The van der Waals surface area contributed by atoms with Crippen molar-refractivity contribution < 1.29 is 4.42 Å². The van der Waals surface area contributed by atoms with E-state index in [0.29, 0.717) is 5.69 Å². The number of benzene rings is 3. The Morgan fingerprint density at radius 2 is 1.48 bits per heavy atom. The fraction of sp³-hybridized carbons (Fsp3) is 0.0417. The van der Waals surface area contributed by atoms with Crippen molar-refractivity contribution in [3.05, 3.63) is 90.1 Å². The molecule has 0 amide bonds. The van der Waals surface area contributed by atoms with E-state index in [1.54, 1.807) is 0 Å². The van der Waals surface area contributed by atoms with Gasteiger partial charge in [0.2, 0.25) is 0 Å². The van der Waals surface area contributed by atoms with Crippen LogP contribution in [0.2, 0.25) is 0 Å². The molecule has 0 aliphatic rings. The third-order valence-electron chi connectivity index (χ3n) is 5.07. The van der Waals surface area contributed by atoms with E-state index in [9.17, 15) is 5.26 Å². The van der Waals surface area contributed by atoms with Gasteiger partial charge in [-0.15, -0.1) is 0 Å². The maximum Gasteiger partial charge on any atom is 0.141 e.